The first-order chi connectivity index (χ1) is 11.5. The summed E-state index contributed by atoms with van der Waals surface area (Å²) in [6, 6.07) is 8.27. The minimum absolute atomic E-state index is 0.0159. The molecule has 1 N–H and O–H groups in total. The van der Waals surface area contributed by atoms with Crippen LogP contribution < -0.4 is 0 Å². The van der Waals surface area contributed by atoms with E-state index in [0.717, 1.165) is 29.9 Å². The number of amides is 1. The molecule has 0 aliphatic carbocycles. The number of halogens is 1. The number of likely N-dealkylation sites (tertiary alicyclic amines) is 1. The first-order valence-electron chi connectivity index (χ1n) is 8.36. The predicted molar refractivity (Wildman–Crippen MR) is 90.9 cm³/mol. The van der Waals surface area contributed by atoms with Crippen molar-refractivity contribution in [3.63, 3.8) is 0 Å². The summed E-state index contributed by atoms with van der Waals surface area (Å²) in [4.78, 5) is 14.7. The molecule has 0 saturated carbocycles. The number of rotatable bonds is 3. The summed E-state index contributed by atoms with van der Waals surface area (Å²) in [7, 11) is 0. The molecule has 5 heteroatoms. The third-order valence-electron chi connectivity index (χ3n) is 4.89. The van der Waals surface area contributed by atoms with E-state index < -0.39 is 0 Å². The van der Waals surface area contributed by atoms with Crippen molar-refractivity contribution in [2.75, 3.05) is 19.7 Å². The van der Waals surface area contributed by atoms with Crippen LogP contribution in [0.1, 0.15) is 34.6 Å². The Balaban J connectivity index is 1.88. The van der Waals surface area contributed by atoms with Crippen LogP contribution in [0.25, 0.3) is 5.69 Å². The van der Waals surface area contributed by atoms with E-state index in [-0.39, 0.29) is 18.3 Å². The van der Waals surface area contributed by atoms with Gasteiger partial charge in [-0.1, -0.05) is 6.07 Å². The van der Waals surface area contributed by atoms with E-state index in [1.165, 1.54) is 12.1 Å². The van der Waals surface area contributed by atoms with E-state index in [2.05, 4.69) is 0 Å². The topological polar surface area (TPSA) is 45.5 Å². The number of hydrogen-bond donors (Lipinski definition) is 1. The molecular formula is C19H23FN2O2. The molecule has 24 heavy (non-hydrogen) atoms. The first kappa shape index (κ1) is 16.7. The van der Waals surface area contributed by atoms with E-state index in [0.29, 0.717) is 24.6 Å². The average molecular weight is 330 g/mol. The van der Waals surface area contributed by atoms with E-state index in [1.807, 2.05) is 35.4 Å². The van der Waals surface area contributed by atoms with Crippen LogP contribution >= 0.6 is 0 Å². The molecule has 1 amide bonds. The SMILES string of the molecule is Cc1cc(C(=O)N2CCC(CO)CC2)c(C)n1-c1cccc(F)c1. The molecule has 0 bridgehead atoms. The summed E-state index contributed by atoms with van der Waals surface area (Å²) >= 11 is 0. The van der Waals surface area contributed by atoms with Gasteiger partial charge in [0.05, 0.1) is 5.56 Å². The number of hydrogen-bond acceptors (Lipinski definition) is 2. The second kappa shape index (κ2) is 6.77. The van der Waals surface area contributed by atoms with Crippen molar-refractivity contribution in [1.29, 1.82) is 0 Å². The van der Waals surface area contributed by atoms with Gasteiger partial charge in [-0.05, 0) is 56.9 Å². The van der Waals surface area contributed by atoms with Crippen LogP contribution in [0.4, 0.5) is 4.39 Å². The maximum absolute atomic E-state index is 13.5. The Morgan fingerprint density at radius 3 is 2.58 bits per heavy atom. The molecule has 0 radical (unpaired) electrons. The Bertz CT molecular complexity index is 746. The molecule has 2 heterocycles. The Hall–Kier alpha value is -2.14. The van der Waals surface area contributed by atoms with Gasteiger partial charge in [0, 0.05) is 36.8 Å². The fourth-order valence-electron chi connectivity index (χ4n) is 3.48. The first-order valence-corrected chi connectivity index (χ1v) is 8.36. The van der Waals surface area contributed by atoms with E-state index >= 15 is 0 Å². The monoisotopic (exact) mass is 330 g/mol. The number of aromatic nitrogens is 1. The summed E-state index contributed by atoms with van der Waals surface area (Å²) in [6.45, 7) is 5.36. The summed E-state index contributed by atoms with van der Waals surface area (Å²) in [5.74, 6) is 0.0230. The number of aliphatic hydroxyl groups excluding tert-OH is 1. The molecule has 2 aromatic rings. The fourth-order valence-corrected chi connectivity index (χ4v) is 3.48. The van der Waals surface area contributed by atoms with Gasteiger partial charge in [0.2, 0.25) is 0 Å². The molecule has 1 saturated heterocycles. The van der Waals surface area contributed by atoms with Gasteiger partial charge < -0.3 is 14.6 Å². The number of piperidine rings is 1. The lowest BCUT2D eigenvalue weighted by Crippen LogP contribution is -2.39. The summed E-state index contributed by atoms with van der Waals surface area (Å²) in [5, 5.41) is 9.23. The number of carbonyl (C=O) groups is 1. The quantitative estimate of drug-likeness (QED) is 0.940. The average Bonchev–Trinajstić information content (AvgIpc) is 2.89. The normalized spacial score (nSPS) is 15.8. The molecule has 4 nitrogen and oxygen atoms in total. The van der Waals surface area contributed by atoms with E-state index in [1.54, 1.807) is 6.07 Å². The smallest absolute Gasteiger partial charge is 0.255 e. The maximum atomic E-state index is 13.5. The van der Waals surface area contributed by atoms with E-state index in [4.69, 9.17) is 0 Å². The highest BCUT2D eigenvalue weighted by atomic mass is 19.1. The van der Waals surface area contributed by atoms with Crippen LogP contribution in [0.2, 0.25) is 0 Å². The lowest BCUT2D eigenvalue weighted by molar-refractivity contribution is 0.0650. The number of nitrogens with zero attached hydrogens (tertiary/aromatic N) is 2. The van der Waals surface area contributed by atoms with Gasteiger partial charge in [-0.2, -0.15) is 0 Å². The zero-order valence-corrected chi connectivity index (χ0v) is 14.1. The zero-order chi connectivity index (χ0) is 17.3. The lowest BCUT2D eigenvalue weighted by atomic mass is 9.97. The molecule has 1 aliphatic heterocycles. The second-order valence-electron chi connectivity index (χ2n) is 6.52. The van der Waals surface area contributed by atoms with Gasteiger partial charge in [-0.3, -0.25) is 4.79 Å². The zero-order valence-electron chi connectivity index (χ0n) is 14.1. The molecule has 0 spiro atoms. The van der Waals surface area contributed by atoms with Crippen LogP contribution in [-0.4, -0.2) is 40.2 Å². The van der Waals surface area contributed by atoms with Crippen molar-refractivity contribution in [3.05, 3.63) is 53.1 Å². The Morgan fingerprint density at radius 1 is 1.25 bits per heavy atom. The van der Waals surface area contributed by atoms with Gasteiger partial charge in [-0.25, -0.2) is 4.39 Å². The summed E-state index contributed by atoms with van der Waals surface area (Å²) in [5.41, 5.74) is 3.13. The van der Waals surface area contributed by atoms with Crippen LogP contribution in [0.5, 0.6) is 0 Å². The second-order valence-corrected chi connectivity index (χ2v) is 6.52. The number of carbonyl (C=O) groups excluding carboxylic acids is 1. The molecule has 1 aromatic heterocycles. The number of benzene rings is 1. The summed E-state index contributed by atoms with van der Waals surface area (Å²) < 4.78 is 15.4. The summed E-state index contributed by atoms with van der Waals surface area (Å²) in [6.07, 6.45) is 1.68. The lowest BCUT2D eigenvalue weighted by Gasteiger charge is -2.31. The third-order valence-corrected chi connectivity index (χ3v) is 4.89. The largest absolute Gasteiger partial charge is 0.396 e. The molecule has 1 aromatic carbocycles. The van der Waals surface area contributed by atoms with Crippen LogP contribution in [-0.2, 0) is 0 Å². The Labute approximate surface area is 141 Å². The number of aryl methyl sites for hydroxylation is 1. The maximum Gasteiger partial charge on any atom is 0.255 e. The molecule has 3 rings (SSSR count). The molecule has 0 atom stereocenters. The Morgan fingerprint density at radius 2 is 1.96 bits per heavy atom. The van der Waals surface area contributed by atoms with Crippen molar-refractivity contribution >= 4 is 5.91 Å². The Kier molecular flexibility index (Phi) is 4.71. The van der Waals surface area contributed by atoms with Crippen molar-refractivity contribution < 1.29 is 14.3 Å². The minimum Gasteiger partial charge on any atom is -0.396 e. The highest BCUT2D eigenvalue weighted by Crippen LogP contribution is 2.24. The highest BCUT2D eigenvalue weighted by Gasteiger charge is 2.26. The van der Waals surface area contributed by atoms with Crippen molar-refractivity contribution in [2.24, 2.45) is 5.92 Å². The fraction of sp³-hybridized carbons (Fsp3) is 0.421. The predicted octanol–water partition coefficient (Wildman–Crippen LogP) is 3.08. The standard InChI is InChI=1S/C19H23FN2O2/c1-13-10-18(19(24)21-8-6-15(12-23)7-9-21)14(2)22(13)17-5-3-4-16(20)11-17/h3-5,10-11,15,23H,6-9,12H2,1-2H3. The highest BCUT2D eigenvalue weighted by molar-refractivity contribution is 5.96. The molecule has 1 aliphatic rings. The van der Waals surface area contributed by atoms with Crippen molar-refractivity contribution in [3.8, 4) is 5.69 Å². The van der Waals surface area contributed by atoms with Crippen molar-refractivity contribution in [2.45, 2.75) is 26.7 Å². The van der Waals surface area contributed by atoms with Gasteiger partial charge in [-0.15, -0.1) is 0 Å². The molecule has 128 valence electrons. The molecular weight excluding hydrogens is 307 g/mol. The van der Waals surface area contributed by atoms with E-state index in [9.17, 15) is 14.3 Å². The van der Waals surface area contributed by atoms with Gasteiger partial charge in [0.1, 0.15) is 5.82 Å². The number of aliphatic hydroxyl groups is 1. The van der Waals surface area contributed by atoms with Crippen molar-refractivity contribution in [1.82, 2.24) is 9.47 Å². The van der Waals surface area contributed by atoms with Gasteiger partial charge in [0.25, 0.3) is 5.91 Å². The third kappa shape index (κ3) is 3.08. The van der Waals surface area contributed by atoms with Gasteiger partial charge >= 0.3 is 0 Å². The molecule has 0 unspecified atom stereocenters. The minimum atomic E-state index is -0.293. The van der Waals surface area contributed by atoms with Crippen LogP contribution in [0.15, 0.2) is 30.3 Å². The van der Waals surface area contributed by atoms with Crippen LogP contribution in [0.3, 0.4) is 0 Å². The van der Waals surface area contributed by atoms with Gasteiger partial charge in [0.15, 0.2) is 0 Å². The van der Waals surface area contributed by atoms with Crippen LogP contribution in [0, 0.1) is 25.6 Å². The molecule has 1 fully saturated rings.